The Morgan fingerprint density at radius 1 is 0.809 bits per heavy atom. The van der Waals surface area contributed by atoms with E-state index in [0.717, 1.165) is 44.6 Å². The predicted octanol–water partition coefficient (Wildman–Crippen LogP) is 7.57. The second-order valence-electron chi connectivity index (χ2n) is 11.2. The fourth-order valence-electron chi connectivity index (χ4n) is 6.36. The van der Waals surface area contributed by atoms with E-state index in [9.17, 15) is 0 Å². The number of benzene rings is 3. The third-order valence-corrected chi connectivity index (χ3v) is 15.1. The Morgan fingerprint density at radius 3 is 1.81 bits per heavy atom. The second kappa shape index (κ2) is 14.2. The molecule has 3 heterocycles. The van der Waals surface area contributed by atoms with Crippen LogP contribution >= 0.6 is 7.26 Å². The molecule has 0 amide bonds. The van der Waals surface area contributed by atoms with Gasteiger partial charge in [-0.25, -0.2) is 0 Å². The topological polar surface area (TPSA) is 58.7 Å². The second-order valence-corrected chi connectivity index (χ2v) is 16.3. The molecule has 47 heavy (non-hydrogen) atoms. The molecule has 1 fully saturated rings. The van der Waals surface area contributed by atoms with Crippen molar-refractivity contribution >= 4 is 45.9 Å². The molecule has 0 spiro atoms. The van der Waals surface area contributed by atoms with Crippen molar-refractivity contribution in [3.8, 4) is 4.37 Å². The van der Waals surface area contributed by atoms with Crippen LogP contribution in [-0.4, -0.2) is 25.3 Å². The summed E-state index contributed by atoms with van der Waals surface area (Å²) < 4.78 is 28.8. The molecule has 7 rings (SSSR count). The average Bonchev–Trinajstić information content (AvgIpc) is 3.90. The molecule has 3 aliphatic heterocycles. The fourth-order valence-corrected chi connectivity index (χ4v) is 13.5. The van der Waals surface area contributed by atoms with E-state index in [-0.39, 0.29) is 12.1 Å². The number of hydrogen-bond acceptors (Lipinski definition) is 5. The Balaban J connectivity index is 1.54. The van der Waals surface area contributed by atoms with Crippen molar-refractivity contribution in [3.63, 3.8) is 0 Å². The normalized spacial score (nSPS) is 21.7. The van der Waals surface area contributed by atoms with Crippen LogP contribution in [-0.2, 0) is 45.4 Å². The van der Waals surface area contributed by atoms with Gasteiger partial charge in [-0.1, -0.05) is 0 Å². The first-order valence-electron chi connectivity index (χ1n) is 15.2. The molecule has 9 heteroatoms. The molecular formula is C38H31N4OOsPS2+. The predicted molar refractivity (Wildman–Crippen MR) is 194 cm³/mol. The van der Waals surface area contributed by atoms with Gasteiger partial charge in [-0.3, -0.25) is 0 Å². The number of ether oxygens (including phenoxy) is 1. The maximum atomic E-state index is 5.86. The van der Waals surface area contributed by atoms with Crippen LogP contribution in [0.1, 0.15) is 6.92 Å². The Hall–Kier alpha value is -3.71. The van der Waals surface area contributed by atoms with Gasteiger partial charge in [0.1, 0.15) is 0 Å². The number of allylic oxidation sites excluding steroid dienone is 5. The summed E-state index contributed by atoms with van der Waals surface area (Å²) in [7, 11) is -2.45. The van der Waals surface area contributed by atoms with Crippen molar-refractivity contribution in [2.45, 2.75) is 19.0 Å². The molecule has 0 aromatic heterocycles. The minimum atomic E-state index is -2.45. The summed E-state index contributed by atoms with van der Waals surface area (Å²) in [6.45, 7) is 7.42. The summed E-state index contributed by atoms with van der Waals surface area (Å²) >= 11 is 4.30. The van der Waals surface area contributed by atoms with E-state index in [1.807, 2.05) is 13.0 Å². The van der Waals surface area contributed by atoms with E-state index in [1.54, 1.807) is 17.9 Å². The van der Waals surface area contributed by atoms with Gasteiger partial charge in [-0.2, -0.15) is 0 Å². The van der Waals surface area contributed by atoms with Gasteiger partial charge in [0, 0.05) is 0 Å². The first kappa shape index (κ1) is 31.9. The van der Waals surface area contributed by atoms with E-state index in [2.05, 4.69) is 126 Å². The molecule has 1 saturated heterocycles. The number of fused-ring (bicyclic) bond motifs is 2. The summed E-state index contributed by atoms with van der Waals surface area (Å²) in [6, 6.07) is 32.5. The molecule has 0 bridgehead atoms. The van der Waals surface area contributed by atoms with Crippen molar-refractivity contribution in [3.05, 3.63) is 173 Å². The van der Waals surface area contributed by atoms with Gasteiger partial charge >= 0.3 is 295 Å². The fraction of sp³-hybridized carbons (Fsp3) is 0.132. The number of hydrogen-bond donors (Lipinski definition) is 0. The van der Waals surface area contributed by atoms with E-state index in [0.29, 0.717) is 13.2 Å². The molecule has 0 saturated carbocycles. The SMILES string of the molecule is C=C1COCC1=CC(/C=C/C1=C2N=S=NC2=C(/C=C/C)C2N=S=NC12)=C([C]#[Os])[P+](c1ccccc1)(c1ccccc1)c1ccccc1. The molecule has 5 nitrogen and oxygen atoms in total. The molecule has 3 aromatic rings. The molecule has 4 aliphatic rings. The van der Waals surface area contributed by atoms with Crippen LogP contribution in [0.4, 0.5) is 0 Å². The maximum absolute atomic E-state index is 5.86. The summed E-state index contributed by atoms with van der Waals surface area (Å²) in [6.07, 6.45) is 10.8. The first-order chi connectivity index (χ1) is 23.2. The van der Waals surface area contributed by atoms with E-state index >= 15 is 0 Å². The number of rotatable bonds is 8. The number of nitrogens with zero attached hydrogens (tertiary/aromatic N) is 4. The molecule has 2 unspecified atom stereocenters. The van der Waals surface area contributed by atoms with E-state index in [1.165, 1.54) is 38.6 Å². The van der Waals surface area contributed by atoms with Crippen LogP contribution in [0.5, 0.6) is 0 Å². The molecule has 0 N–H and O–H groups in total. The first-order valence-corrected chi connectivity index (χ1v) is 19.8. The van der Waals surface area contributed by atoms with Gasteiger partial charge in [0.2, 0.25) is 0 Å². The van der Waals surface area contributed by atoms with Gasteiger partial charge < -0.3 is 0 Å². The van der Waals surface area contributed by atoms with Crippen molar-refractivity contribution in [2.75, 3.05) is 13.2 Å². The summed E-state index contributed by atoms with van der Waals surface area (Å²) in [5, 5.41) is 4.94. The summed E-state index contributed by atoms with van der Waals surface area (Å²) in [5.74, 6) is 0. The average molecular weight is 845 g/mol. The monoisotopic (exact) mass is 846 g/mol. The Labute approximate surface area is 293 Å². The minimum absolute atomic E-state index is 0.101. The third kappa shape index (κ3) is 5.85. The molecule has 233 valence electrons. The zero-order valence-electron chi connectivity index (χ0n) is 25.6. The van der Waals surface area contributed by atoms with Crippen LogP contribution in [0.25, 0.3) is 0 Å². The molecule has 2 atom stereocenters. The Morgan fingerprint density at radius 2 is 1.34 bits per heavy atom. The summed E-state index contributed by atoms with van der Waals surface area (Å²) in [4.78, 5) is 0. The van der Waals surface area contributed by atoms with Crippen molar-refractivity contribution in [2.24, 2.45) is 17.5 Å². The van der Waals surface area contributed by atoms with Crippen molar-refractivity contribution < 1.29 is 22.7 Å². The Bertz CT molecular complexity index is 2030. The van der Waals surface area contributed by atoms with Gasteiger partial charge in [-0.05, 0) is 0 Å². The van der Waals surface area contributed by atoms with Crippen LogP contribution in [0, 0.1) is 4.37 Å². The summed E-state index contributed by atoms with van der Waals surface area (Å²) in [5.41, 5.74) is 7.03. The van der Waals surface area contributed by atoms with Gasteiger partial charge in [0.25, 0.3) is 0 Å². The Kier molecular flexibility index (Phi) is 9.62. The molecule has 3 aromatic carbocycles. The van der Waals surface area contributed by atoms with E-state index in [4.69, 9.17) is 22.2 Å². The van der Waals surface area contributed by atoms with Crippen molar-refractivity contribution in [1.82, 2.24) is 0 Å². The van der Waals surface area contributed by atoms with Crippen LogP contribution in [0.15, 0.2) is 190 Å². The van der Waals surface area contributed by atoms with Gasteiger partial charge in [0.05, 0.1) is 0 Å². The van der Waals surface area contributed by atoms with E-state index < -0.39 is 7.26 Å². The molecular weight excluding hydrogens is 814 g/mol. The quantitative estimate of drug-likeness (QED) is 0.171. The zero-order valence-corrected chi connectivity index (χ0v) is 30.7. The zero-order chi connectivity index (χ0) is 32.2. The van der Waals surface area contributed by atoms with Crippen LogP contribution in [0.3, 0.4) is 0 Å². The van der Waals surface area contributed by atoms with Crippen LogP contribution < -0.4 is 15.9 Å². The van der Waals surface area contributed by atoms with Crippen molar-refractivity contribution in [1.29, 1.82) is 0 Å². The standard InChI is InChI=1S/C38H31N4OPS2.Os/c1-4-14-33-35-37(41-45-39-35)34(38-36(33)40-46-42-38)22-21-28(23-29-25-43-24-26(29)2)27(3)44(30-15-8-5-9-16-30,31-17-10-6-11-18-31)32-19-12-7-13-20-32;/h4-23,35,37H,2,24-25H2,1H3;/q+1;/b14-4+,22-21+,28-27?,29-23?;. The van der Waals surface area contributed by atoms with Crippen LogP contribution in [0.2, 0.25) is 0 Å². The third-order valence-electron chi connectivity index (χ3n) is 8.52. The molecule has 0 radical (unpaired) electrons. The molecule has 1 aliphatic carbocycles. The van der Waals surface area contributed by atoms with Gasteiger partial charge in [0.15, 0.2) is 0 Å². The van der Waals surface area contributed by atoms with Gasteiger partial charge in [-0.15, -0.1) is 0 Å².